The van der Waals surface area contributed by atoms with Gasteiger partial charge in [0.05, 0.1) is 6.10 Å². The molecule has 5 heteroatoms. The minimum absolute atomic E-state index is 0.249. The largest absolute Gasteiger partial charge is 0.376 e. The van der Waals surface area contributed by atoms with Crippen LogP contribution in [0.5, 0.6) is 0 Å². The van der Waals surface area contributed by atoms with Crippen molar-refractivity contribution in [3.63, 3.8) is 0 Å². The van der Waals surface area contributed by atoms with E-state index in [1.54, 1.807) is 6.20 Å². The van der Waals surface area contributed by atoms with Crippen LogP contribution in [-0.4, -0.2) is 34.3 Å². The summed E-state index contributed by atoms with van der Waals surface area (Å²) < 4.78 is 5.80. The molecule has 1 aliphatic heterocycles. The van der Waals surface area contributed by atoms with Crippen molar-refractivity contribution in [1.82, 2.24) is 9.88 Å². The second-order valence-electron chi connectivity index (χ2n) is 6.18. The third kappa shape index (κ3) is 4.76. The van der Waals surface area contributed by atoms with E-state index in [0.29, 0.717) is 0 Å². The van der Waals surface area contributed by atoms with E-state index in [-0.39, 0.29) is 6.10 Å². The third-order valence-corrected chi connectivity index (χ3v) is 4.46. The Morgan fingerprint density at radius 3 is 3.00 bits per heavy atom. The number of pyridine rings is 1. The molecule has 1 fully saturated rings. The first-order valence-electron chi connectivity index (χ1n) is 8.34. The van der Waals surface area contributed by atoms with Crippen LogP contribution in [0.1, 0.15) is 24.0 Å². The summed E-state index contributed by atoms with van der Waals surface area (Å²) in [6.07, 6.45) is 6.15. The summed E-state index contributed by atoms with van der Waals surface area (Å²) in [5.74, 6) is 0. The van der Waals surface area contributed by atoms with Gasteiger partial charge in [-0.15, -0.1) is 0 Å². The Hall–Kier alpha value is -1.98. The first kappa shape index (κ1) is 16.9. The minimum atomic E-state index is 0.249. The molecule has 0 unspecified atom stereocenters. The highest BCUT2D eigenvalue weighted by atomic mass is 32.1. The second-order valence-corrected chi connectivity index (χ2v) is 6.56. The molecule has 126 valence electrons. The zero-order valence-corrected chi connectivity index (χ0v) is 14.8. The Bertz CT molecular complexity index is 671. The lowest BCUT2D eigenvalue weighted by atomic mass is 10.2. The summed E-state index contributed by atoms with van der Waals surface area (Å²) >= 11 is 5.67. The molecule has 2 heterocycles. The van der Waals surface area contributed by atoms with Crippen LogP contribution in [0.25, 0.3) is 0 Å². The number of nitrogens with one attached hydrogen (secondary N) is 1. The van der Waals surface area contributed by atoms with Gasteiger partial charge in [-0.3, -0.25) is 4.98 Å². The fourth-order valence-electron chi connectivity index (χ4n) is 2.89. The van der Waals surface area contributed by atoms with Crippen LogP contribution in [0, 0.1) is 6.92 Å². The lowest BCUT2D eigenvalue weighted by Crippen LogP contribution is -2.39. The molecule has 0 spiro atoms. The molecule has 0 bridgehead atoms. The smallest absolute Gasteiger partial charge is 0.173 e. The summed E-state index contributed by atoms with van der Waals surface area (Å²) in [7, 11) is 0. The van der Waals surface area contributed by atoms with Gasteiger partial charge in [0, 0.05) is 37.8 Å². The molecule has 24 heavy (non-hydrogen) atoms. The molecule has 0 aliphatic carbocycles. The molecule has 0 amide bonds. The molecule has 1 aliphatic rings. The maximum absolute atomic E-state index is 5.80. The van der Waals surface area contributed by atoms with Crippen molar-refractivity contribution in [2.45, 2.75) is 32.4 Å². The number of benzene rings is 1. The van der Waals surface area contributed by atoms with E-state index in [4.69, 9.17) is 17.0 Å². The SMILES string of the molecule is Cc1cccc(NC(=S)N(Cc2cccnc2)C[C@H]2CCCO2)c1. The first-order chi connectivity index (χ1) is 11.7. The van der Waals surface area contributed by atoms with E-state index < -0.39 is 0 Å². The summed E-state index contributed by atoms with van der Waals surface area (Å²) in [5.41, 5.74) is 3.37. The highest BCUT2D eigenvalue weighted by Crippen LogP contribution is 2.17. The number of hydrogen-bond donors (Lipinski definition) is 1. The van der Waals surface area contributed by atoms with Crippen molar-refractivity contribution in [2.24, 2.45) is 0 Å². The first-order valence-corrected chi connectivity index (χ1v) is 8.74. The van der Waals surface area contributed by atoms with E-state index in [1.807, 2.05) is 24.4 Å². The molecule has 0 saturated carbocycles. The van der Waals surface area contributed by atoms with Crippen molar-refractivity contribution in [3.8, 4) is 0 Å². The van der Waals surface area contributed by atoms with Gasteiger partial charge in [0.1, 0.15) is 0 Å². The van der Waals surface area contributed by atoms with E-state index >= 15 is 0 Å². The fourth-order valence-corrected chi connectivity index (χ4v) is 3.15. The predicted octanol–water partition coefficient (Wildman–Crippen LogP) is 3.77. The predicted molar refractivity (Wildman–Crippen MR) is 101 cm³/mol. The number of anilines is 1. The number of rotatable bonds is 5. The monoisotopic (exact) mass is 341 g/mol. The van der Waals surface area contributed by atoms with Crippen molar-refractivity contribution < 1.29 is 4.74 Å². The summed E-state index contributed by atoms with van der Waals surface area (Å²) in [6, 6.07) is 12.3. The topological polar surface area (TPSA) is 37.4 Å². The zero-order valence-electron chi connectivity index (χ0n) is 13.9. The maximum atomic E-state index is 5.80. The third-order valence-electron chi connectivity index (χ3n) is 4.10. The van der Waals surface area contributed by atoms with Gasteiger partial charge in [-0.05, 0) is 61.3 Å². The quantitative estimate of drug-likeness (QED) is 0.838. The average Bonchev–Trinajstić information content (AvgIpc) is 3.08. The Labute approximate surface area is 148 Å². The van der Waals surface area contributed by atoms with E-state index in [1.165, 1.54) is 5.56 Å². The van der Waals surface area contributed by atoms with Crippen LogP contribution in [-0.2, 0) is 11.3 Å². The molecule has 3 rings (SSSR count). The van der Waals surface area contributed by atoms with Gasteiger partial charge in [-0.1, -0.05) is 18.2 Å². The van der Waals surface area contributed by atoms with Crippen molar-refractivity contribution in [3.05, 3.63) is 59.9 Å². The number of hydrogen-bond acceptors (Lipinski definition) is 3. The average molecular weight is 341 g/mol. The molecule has 0 radical (unpaired) electrons. The molecular weight excluding hydrogens is 318 g/mol. The normalized spacial score (nSPS) is 16.8. The van der Waals surface area contributed by atoms with E-state index in [0.717, 1.165) is 48.9 Å². The molecule has 1 aromatic heterocycles. The lowest BCUT2D eigenvalue weighted by molar-refractivity contribution is 0.0905. The second kappa shape index (κ2) is 8.22. The standard InChI is InChI=1S/C19H23N3OS/c1-15-5-2-7-17(11-15)21-19(24)22(14-18-8-4-10-23-18)13-16-6-3-9-20-12-16/h2-3,5-7,9,11-12,18H,4,8,10,13-14H2,1H3,(H,21,24)/t18-/m1/s1. The van der Waals surface area contributed by atoms with Crippen molar-refractivity contribution >= 4 is 23.0 Å². The minimum Gasteiger partial charge on any atom is -0.376 e. The Morgan fingerprint density at radius 1 is 1.38 bits per heavy atom. The van der Waals surface area contributed by atoms with Gasteiger partial charge in [0.25, 0.3) is 0 Å². The molecule has 1 atom stereocenters. The molecule has 1 saturated heterocycles. The van der Waals surface area contributed by atoms with Crippen LogP contribution >= 0.6 is 12.2 Å². The van der Waals surface area contributed by atoms with Gasteiger partial charge in [0.2, 0.25) is 0 Å². The number of thiocarbonyl (C=S) groups is 1. The number of ether oxygens (including phenoxy) is 1. The van der Waals surface area contributed by atoms with Gasteiger partial charge >= 0.3 is 0 Å². The highest BCUT2D eigenvalue weighted by Gasteiger charge is 2.21. The van der Waals surface area contributed by atoms with Crippen molar-refractivity contribution in [2.75, 3.05) is 18.5 Å². The van der Waals surface area contributed by atoms with Crippen molar-refractivity contribution in [1.29, 1.82) is 0 Å². The van der Waals surface area contributed by atoms with Gasteiger partial charge in [0.15, 0.2) is 5.11 Å². The number of aryl methyl sites for hydroxylation is 1. The molecule has 1 aromatic carbocycles. The van der Waals surface area contributed by atoms with Gasteiger partial charge in [-0.25, -0.2) is 0 Å². The highest BCUT2D eigenvalue weighted by molar-refractivity contribution is 7.80. The van der Waals surface area contributed by atoms with Crippen LogP contribution < -0.4 is 5.32 Å². The van der Waals surface area contributed by atoms with Crippen LogP contribution in [0.2, 0.25) is 0 Å². The Kier molecular flexibility index (Phi) is 5.77. The van der Waals surface area contributed by atoms with Crippen LogP contribution in [0.4, 0.5) is 5.69 Å². The Balaban J connectivity index is 1.70. The molecule has 2 aromatic rings. The summed E-state index contributed by atoms with van der Waals surface area (Å²) in [4.78, 5) is 6.37. The summed E-state index contributed by atoms with van der Waals surface area (Å²) in [6.45, 7) is 4.45. The zero-order chi connectivity index (χ0) is 16.8. The Morgan fingerprint density at radius 2 is 2.29 bits per heavy atom. The fraction of sp³-hybridized carbons (Fsp3) is 0.368. The molecular formula is C19H23N3OS. The lowest BCUT2D eigenvalue weighted by Gasteiger charge is -2.28. The van der Waals surface area contributed by atoms with Gasteiger partial charge < -0.3 is 15.0 Å². The molecule has 1 N–H and O–H groups in total. The van der Waals surface area contributed by atoms with Crippen LogP contribution in [0.15, 0.2) is 48.8 Å². The molecule has 4 nitrogen and oxygen atoms in total. The number of nitrogens with zero attached hydrogens (tertiary/aromatic N) is 2. The summed E-state index contributed by atoms with van der Waals surface area (Å²) in [5, 5.41) is 4.08. The maximum Gasteiger partial charge on any atom is 0.173 e. The van der Waals surface area contributed by atoms with E-state index in [2.05, 4.69) is 40.3 Å². The van der Waals surface area contributed by atoms with Crippen LogP contribution in [0.3, 0.4) is 0 Å². The number of aromatic nitrogens is 1. The van der Waals surface area contributed by atoms with E-state index in [9.17, 15) is 0 Å². The van der Waals surface area contributed by atoms with Gasteiger partial charge in [-0.2, -0.15) is 0 Å².